The molecule has 0 radical (unpaired) electrons. The van der Waals surface area contributed by atoms with Crippen LogP contribution in [0.15, 0.2) is 22.3 Å². The van der Waals surface area contributed by atoms with E-state index in [4.69, 9.17) is 9.84 Å². The second kappa shape index (κ2) is 7.01. The molecule has 4 N–H and O–H groups in total. The molecule has 23 heavy (non-hydrogen) atoms. The first kappa shape index (κ1) is 16.6. The number of aliphatic carboxylic acids is 1. The molecule has 2 rings (SSSR count). The molecule has 1 amide bonds. The Kier molecular flexibility index (Phi) is 5.06. The van der Waals surface area contributed by atoms with E-state index >= 15 is 0 Å². The summed E-state index contributed by atoms with van der Waals surface area (Å²) in [5.41, 5.74) is 0.250. The molecule has 1 aromatic rings. The Morgan fingerprint density at radius 2 is 2.17 bits per heavy atom. The molecule has 0 spiro atoms. The minimum Gasteiger partial charge on any atom is -0.507 e. The van der Waals surface area contributed by atoms with Gasteiger partial charge in [-0.2, -0.15) is 5.10 Å². The number of benzene rings is 1. The van der Waals surface area contributed by atoms with Crippen LogP contribution in [0.25, 0.3) is 0 Å². The summed E-state index contributed by atoms with van der Waals surface area (Å²) in [5, 5.41) is 37.2. The zero-order valence-electron chi connectivity index (χ0n) is 11.9. The van der Waals surface area contributed by atoms with Crippen molar-refractivity contribution in [3.05, 3.63) is 17.7 Å². The van der Waals surface area contributed by atoms with Gasteiger partial charge >= 0.3 is 5.97 Å². The lowest BCUT2D eigenvalue weighted by Crippen LogP contribution is -2.26. The average Bonchev–Trinajstić information content (AvgIpc) is 2.80. The van der Waals surface area contributed by atoms with E-state index in [-0.39, 0.29) is 34.4 Å². The van der Waals surface area contributed by atoms with Gasteiger partial charge in [0.1, 0.15) is 11.0 Å². The fourth-order valence-electron chi connectivity index (χ4n) is 1.73. The van der Waals surface area contributed by atoms with E-state index in [0.29, 0.717) is 0 Å². The van der Waals surface area contributed by atoms with Crippen LogP contribution < -0.4 is 10.1 Å². The van der Waals surface area contributed by atoms with Gasteiger partial charge in [-0.05, 0) is 6.07 Å². The number of carbonyl (C=O) groups is 2. The van der Waals surface area contributed by atoms with Gasteiger partial charge in [-0.3, -0.25) is 9.59 Å². The van der Waals surface area contributed by atoms with Crippen molar-refractivity contribution in [2.75, 3.05) is 7.11 Å². The Labute approximate surface area is 134 Å². The van der Waals surface area contributed by atoms with Crippen molar-refractivity contribution in [1.29, 1.82) is 0 Å². The Bertz CT molecular complexity index is 703. The number of amides is 1. The maximum atomic E-state index is 11.5. The van der Waals surface area contributed by atoms with Crippen molar-refractivity contribution in [1.82, 2.24) is 5.32 Å². The van der Waals surface area contributed by atoms with Crippen LogP contribution in [0, 0.1) is 0 Å². The zero-order valence-corrected chi connectivity index (χ0v) is 12.7. The van der Waals surface area contributed by atoms with Gasteiger partial charge in [-0.1, -0.05) is 11.8 Å². The van der Waals surface area contributed by atoms with Crippen molar-refractivity contribution in [3.8, 4) is 17.2 Å². The van der Waals surface area contributed by atoms with Crippen LogP contribution in [0.5, 0.6) is 17.2 Å². The average molecular weight is 339 g/mol. The number of methoxy groups -OCH3 is 1. The quantitative estimate of drug-likeness (QED) is 0.452. The zero-order chi connectivity index (χ0) is 17.0. The molecule has 0 bridgehead atoms. The molecule has 0 aromatic heterocycles. The van der Waals surface area contributed by atoms with Crippen molar-refractivity contribution in [2.24, 2.45) is 10.2 Å². The van der Waals surface area contributed by atoms with Crippen LogP contribution >= 0.6 is 11.8 Å². The van der Waals surface area contributed by atoms with Crippen LogP contribution in [-0.2, 0) is 9.59 Å². The van der Waals surface area contributed by atoms with Crippen molar-refractivity contribution < 1.29 is 29.6 Å². The summed E-state index contributed by atoms with van der Waals surface area (Å²) in [6.07, 6.45) is 0.900. The number of phenolic OH excluding ortho intramolecular Hbond substituents is 2. The molecule has 1 saturated heterocycles. The number of rotatable bonds is 5. The van der Waals surface area contributed by atoms with E-state index in [1.165, 1.54) is 19.4 Å². The third kappa shape index (κ3) is 4.13. The molecule has 9 nitrogen and oxygen atoms in total. The molecular weight excluding hydrogens is 326 g/mol. The number of hydrogen-bond acceptors (Lipinski definition) is 8. The van der Waals surface area contributed by atoms with Crippen LogP contribution in [0.4, 0.5) is 0 Å². The number of nitrogens with zero attached hydrogens (tertiary/aromatic N) is 2. The Balaban J connectivity index is 2.10. The minimum absolute atomic E-state index is 0.155. The molecule has 1 aromatic carbocycles. The number of ether oxygens (including phenoxy) is 1. The number of carboxylic acids is 1. The molecular formula is C13H13N3O6S. The normalized spacial score (nSPS) is 19.3. The fourth-order valence-corrected chi connectivity index (χ4v) is 2.64. The lowest BCUT2D eigenvalue weighted by atomic mass is 10.2. The molecule has 0 saturated carbocycles. The Morgan fingerprint density at radius 1 is 1.43 bits per heavy atom. The Morgan fingerprint density at radius 3 is 2.83 bits per heavy atom. The van der Waals surface area contributed by atoms with Crippen LogP contribution in [0.3, 0.4) is 0 Å². The van der Waals surface area contributed by atoms with Gasteiger partial charge in [0, 0.05) is 11.6 Å². The summed E-state index contributed by atoms with van der Waals surface area (Å²) in [6.45, 7) is 0. The van der Waals surface area contributed by atoms with E-state index in [9.17, 15) is 19.8 Å². The molecule has 1 aliphatic rings. The number of amidine groups is 1. The molecule has 1 unspecified atom stereocenters. The van der Waals surface area contributed by atoms with Crippen molar-refractivity contribution in [2.45, 2.75) is 11.7 Å². The third-order valence-corrected chi connectivity index (χ3v) is 3.88. The van der Waals surface area contributed by atoms with E-state index in [2.05, 4.69) is 15.5 Å². The molecule has 1 fully saturated rings. The largest absolute Gasteiger partial charge is 0.507 e. The maximum absolute atomic E-state index is 11.5. The first-order valence-corrected chi connectivity index (χ1v) is 7.19. The number of nitrogens with one attached hydrogen (secondary N) is 1. The highest BCUT2D eigenvalue weighted by Gasteiger charge is 2.32. The first-order chi connectivity index (χ1) is 10.9. The van der Waals surface area contributed by atoms with Crippen molar-refractivity contribution in [3.63, 3.8) is 0 Å². The number of hydrogen-bond donors (Lipinski definition) is 4. The van der Waals surface area contributed by atoms with Gasteiger partial charge in [-0.15, -0.1) is 5.10 Å². The number of thioether (sulfide) groups is 1. The highest BCUT2D eigenvalue weighted by Crippen LogP contribution is 2.32. The van der Waals surface area contributed by atoms with Gasteiger partial charge in [0.15, 0.2) is 16.7 Å². The summed E-state index contributed by atoms with van der Waals surface area (Å²) >= 11 is 0.964. The topological polar surface area (TPSA) is 141 Å². The standard InChI is InChI=1S/C13H13N3O6S/c1-22-9-2-6(7(17)3-8(9)18)5-14-16-13-15-12(21)10(23-13)4-11(19)20/h2-3,5,10,17-18H,4H2,1H3,(H,19,20)(H,15,16,21). The van der Waals surface area contributed by atoms with E-state index < -0.39 is 17.1 Å². The molecule has 122 valence electrons. The molecule has 1 heterocycles. The first-order valence-electron chi connectivity index (χ1n) is 6.31. The van der Waals surface area contributed by atoms with Gasteiger partial charge in [0.25, 0.3) is 0 Å². The number of carboxylic acid groups (broad SMARTS) is 1. The highest BCUT2D eigenvalue weighted by atomic mass is 32.2. The summed E-state index contributed by atoms with van der Waals surface area (Å²) in [4.78, 5) is 22.1. The predicted octanol–water partition coefficient (Wildman–Crippen LogP) is 0.503. The second-order valence-corrected chi connectivity index (χ2v) is 5.62. The monoisotopic (exact) mass is 339 g/mol. The smallest absolute Gasteiger partial charge is 0.305 e. The van der Waals surface area contributed by atoms with Crippen LogP contribution in [0.2, 0.25) is 0 Å². The summed E-state index contributed by atoms with van der Waals surface area (Å²) < 4.78 is 4.91. The number of carbonyl (C=O) groups excluding carboxylic acids is 1. The summed E-state index contributed by atoms with van der Waals surface area (Å²) in [5.74, 6) is -1.81. The lowest BCUT2D eigenvalue weighted by molar-refractivity contribution is -0.138. The number of phenols is 2. The van der Waals surface area contributed by atoms with Gasteiger partial charge in [-0.25, -0.2) is 0 Å². The SMILES string of the molecule is COc1cc(C=NN=C2NC(=O)C(CC(=O)O)S2)c(O)cc1O. The van der Waals surface area contributed by atoms with Crippen molar-refractivity contribution >= 4 is 35.0 Å². The van der Waals surface area contributed by atoms with Crippen LogP contribution in [-0.4, -0.2) is 50.9 Å². The van der Waals surface area contributed by atoms with E-state index in [1.807, 2.05) is 0 Å². The lowest BCUT2D eigenvalue weighted by Gasteiger charge is -2.05. The molecule has 1 aliphatic heterocycles. The number of aromatic hydroxyl groups is 2. The molecule has 10 heteroatoms. The molecule has 1 atom stereocenters. The van der Waals surface area contributed by atoms with Gasteiger partial charge in [0.2, 0.25) is 5.91 Å². The minimum atomic E-state index is -1.08. The van der Waals surface area contributed by atoms with Crippen LogP contribution in [0.1, 0.15) is 12.0 Å². The van der Waals surface area contributed by atoms with Gasteiger partial charge in [0.05, 0.1) is 19.7 Å². The fraction of sp³-hybridized carbons (Fsp3) is 0.231. The van der Waals surface area contributed by atoms with E-state index in [0.717, 1.165) is 17.8 Å². The predicted molar refractivity (Wildman–Crippen MR) is 83.1 cm³/mol. The Hall–Kier alpha value is -2.75. The second-order valence-electron chi connectivity index (χ2n) is 4.43. The molecule has 0 aliphatic carbocycles. The third-order valence-electron chi connectivity index (χ3n) is 2.81. The maximum Gasteiger partial charge on any atom is 0.305 e. The highest BCUT2D eigenvalue weighted by molar-refractivity contribution is 8.15. The van der Waals surface area contributed by atoms with Gasteiger partial charge < -0.3 is 25.4 Å². The summed E-state index contributed by atoms with van der Waals surface area (Å²) in [7, 11) is 1.36. The van der Waals surface area contributed by atoms with E-state index in [1.54, 1.807) is 0 Å². The summed E-state index contributed by atoms with van der Waals surface area (Å²) in [6, 6.07) is 2.46.